The summed E-state index contributed by atoms with van der Waals surface area (Å²) in [4.78, 5) is 23.5. The zero-order valence-corrected chi connectivity index (χ0v) is 12.4. The highest BCUT2D eigenvalue weighted by Crippen LogP contribution is 2.65. The molecule has 114 valence electrons. The van der Waals surface area contributed by atoms with Gasteiger partial charge < -0.3 is 9.47 Å². The van der Waals surface area contributed by atoms with E-state index in [2.05, 4.69) is 13.5 Å². The molecule has 0 radical (unpaired) electrons. The number of carbonyl (C=O) groups is 2. The van der Waals surface area contributed by atoms with Crippen molar-refractivity contribution in [2.75, 3.05) is 0 Å². The normalized spacial score (nSPS) is 50.2. The van der Waals surface area contributed by atoms with Gasteiger partial charge in [-0.1, -0.05) is 6.58 Å². The third-order valence-corrected chi connectivity index (χ3v) is 6.49. The summed E-state index contributed by atoms with van der Waals surface area (Å²) < 4.78 is 10.9. The lowest BCUT2D eigenvalue weighted by Gasteiger charge is -2.42. The minimum absolute atomic E-state index is 0.00407. The number of ether oxygens (including phenoxy) is 2. The van der Waals surface area contributed by atoms with E-state index in [1.54, 1.807) is 0 Å². The number of fused-ring (bicyclic) bond motifs is 8. The van der Waals surface area contributed by atoms with Crippen molar-refractivity contribution in [3.63, 3.8) is 0 Å². The average Bonchev–Trinajstić information content (AvgIpc) is 3.10. The van der Waals surface area contributed by atoms with Gasteiger partial charge in [-0.25, -0.2) is 4.79 Å². The standard InChI is InChI=1S/C17H22O4/c1-3-14(18)21-9-4-5-10-11(6-9)13-7-12(10)15-8(2)20-17(19)16(13)15/h3,8-13,15-16H,1,4-7H2,2H3. The molecule has 1 heterocycles. The largest absolute Gasteiger partial charge is 0.462 e. The SMILES string of the molecule is C=CC(=O)OC1CCC2C(C1)C1CC2C2C(C)OC(=O)C12. The molecule has 0 aromatic heterocycles. The molecule has 21 heavy (non-hydrogen) atoms. The molecule has 0 aromatic carbocycles. The van der Waals surface area contributed by atoms with Crippen molar-refractivity contribution < 1.29 is 19.1 Å². The Morgan fingerprint density at radius 2 is 2.05 bits per heavy atom. The van der Waals surface area contributed by atoms with Crippen LogP contribution in [0.3, 0.4) is 0 Å². The molecule has 0 N–H and O–H groups in total. The van der Waals surface area contributed by atoms with E-state index in [4.69, 9.17) is 9.47 Å². The number of rotatable bonds is 2. The van der Waals surface area contributed by atoms with Crippen LogP contribution in [-0.4, -0.2) is 24.1 Å². The Bertz CT molecular complexity index is 499. The Kier molecular flexibility index (Phi) is 2.92. The third-order valence-electron chi connectivity index (χ3n) is 6.49. The second-order valence-electron chi connectivity index (χ2n) is 7.21. The van der Waals surface area contributed by atoms with Crippen LogP contribution in [0.4, 0.5) is 0 Å². The Hall–Kier alpha value is -1.32. The van der Waals surface area contributed by atoms with Crippen LogP contribution in [-0.2, 0) is 19.1 Å². The molecule has 4 nitrogen and oxygen atoms in total. The molecule has 4 aliphatic rings. The van der Waals surface area contributed by atoms with Crippen molar-refractivity contribution in [1.82, 2.24) is 0 Å². The van der Waals surface area contributed by atoms with Crippen LogP contribution in [0, 0.1) is 35.5 Å². The second kappa shape index (κ2) is 4.59. The summed E-state index contributed by atoms with van der Waals surface area (Å²) in [5, 5.41) is 0. The summed E-state index contributed by atoms with van der Waals surface area (Å²) in [6.07, 6.45) is 5.48. The number of esters is 2. The van der Waals surface area contributed by atoms with Crippen molar-refractivity contribution in [1.29, 1.82) is 0 Å². The third kappa shape index (κ3) is 1.80. The van der Waals surface area contributed by atoms with Crippen molar-refractivity contribution >= 4 is 11.9 Å². The van der Waals surface area contributed by atoms with Crippen LogP contribution in [0.2, 0.25) is 0 Å². The zero-order chi connectivity index (χ0) is 14.7. The van der Waals surface area contributed by atoms with Gasteiger partial charge in [0.1, 0.15) is 12.2 Å². The van der Waals surface area contributed by atoms with Gasteiger partial charge in [-0.3, -0.25) is 4.79 Å². The highest BCUT2D eigenvalue weighted by Gasteiger charge is 2.65. The highest BCUT2D eigenvalue weighted by molar-refractivity contribution is 5.81. The van der Waals surface area contributed by atoms with Crippen LogP contribution in [0.25, 0.3) is 0 Å². The topological polar surface area (TPSA) is 52.6 Å². The van der Waals surface area contributed by atoms with E-state index in [9.17, 15) is 9.59 Å². The lowest BCUT2D eigenvalue weighted by molar-refractivity contribution is -0.149. The van der Waals surface area contributed by atoms with E-state index in [1.807, 2.05) is 0 Å². The molecule has 3 aliphatic carbocycles. The van der Waals surface area contributed by atoms with E-state index in [-0.39, 0.29) is 30.1 Å². The summed E-state index contributed by atoms with van der Waals surface area (Å²) in [5.41, 5.74) is 0. The molecule has 4 fully saturated rings. The van der Waals surface area contributed by atoms with Crippen LogP contribution in [0.15, 0.2) is 12.7 Å². The predicted molar refractivity (Wildman–Crippen MR) is 75.0 cm³/mol. The fraction of sp³-hybridized carbons (Fsp3) is 0.765. The van der Waals surface area contributed by atoms with E-state index in [0.717, 1.165) is 19.3 Å². The fourth-order valence-electron chi connectivity index (χ4n) is 5.92. The van der Waals surface area contributed by atoms with Crippen LogP contribution >= 0.6 is 0 Å². The van der Waals surface area contributed by atoms with Gasteiger partial charge >= 0.3 is 11.9 Å². The predicted octanol–water partition coefficient (Wildman–Crippen LogP) is 2.33. The van der Waals surface area contributed by atoms with Gasteiger partial charge in [-0.15, -0.1) is 0 Å². The van der Waals surface area contributed by atoms with Gasteiger partial charge in [0.25, 0.3) is 0 Å². The van der Waals surface area contributed by atoms with Gasteiger partial charge in [-0.2, -0.15) is 0 Å². The summed E-state index contributed by atoms with van der Waals surface area (Å²) >= 11 is 0. The number of hydrogen-bond donors (Lipinski definition) is 0. The second-order valence-corrected chi connectivity index (χ2v) is 7.21. The van der Waals surface area contributed by atoms with Crippen molar-refractivity contribution in [2.24, 2.45) is 35.5 Å². The Labute approximate surface area is 124 Å². The van der Waals surface area contributed by atoms with Crippen molar-refractivity contribution in [2.45, 2.75) is 44.8 Å². The highest BCUT2D eigenvalue weighted by atomic mass is 16.6. The van der Waals surface area contributed by atoms with Crippen molar-refractivity contribution in [3.05, 3.63) is 12.7 Å². The Morgan fingerprint density at radius 1 is 1.24 bits per heavy atom. The van der Waals surface area contributed by atoms with E-state index < -0.39 is 0 Å². The maximum atomic E-state index is 12.1. The maximum Gasteiger partial charge on any atom is 0.330 e. The minimum Gasteiger partial charge on any atom is -0.462 e. The lowest BCUT2D eigenvalue weighted by Crippen LogP contribution is -2.42. The summed E-state index contributed by atoms with van der Waals surface area (Å²) in [6, 6.07) is 0. The van der Waals surface area contributed by atoms with Gasteiger partial charge in [0.2, 0.25) is 0 Å². The minimum atomic E-state index is -0.326. The van der Waals surface area contributed by atoms with Crippen molar-refractivity contribution in [3.8, 4) is 0 Å². The summed E-state index contributed by atoms with van der Waals surface area (Å²) in [6.45, 7) is 5.51. The van der Waals surface area contributed by atoms with Gasteiger partial charge in [0, 0.05) is 12.0 Å². The lowest BCUT2D eigenvalue weighted by atomic mass is 9.62. The quantitative estimate of drug-likeness (QED) is 0.578. The first-order valence-corrected chi connectivity index (χ1v) is 8.13. The molecule has 4 rings (SSSR count). The Morgan fingerprint density at radius 3 is 2.81 bits per heavy atom. The molecule has 1 aliphatic heterocycles. The smallest absolute Gasteiger partial charge is 0.330 e. The van der Waals surface area contributed by atoms with Gasteiger partial charge in [0.15, 0.2) is 0 Å². The number of hydrogen-bond acceptors (Lipinski definition) is 4. The first-order valence-electron chi connectivity index (χ1n) is 8.13. The molecule has 2 bridgehead atoms. The van der Waals surface area contributed by atoms with Gasteiger partial charge in [0.05, 0.1) is 5.92 Å². The first-order chi connectivity index (χ1) is 10.1. The number of cyclic esters (lactones) is 1. The van der Waals surface area contributed by atoms with Crippen LogP contribution < -0.4 is 0 Å². The zero-order valence-electron chi connectivity index (χ0n) is 12.4. The molecule has 1 saturated heterocycles. The molecule has 0 spiro atoms. The summed E-state index contributed by atoms with van der Waals surface area (Å²) in [7, 11) is 0. The molecule has 8 atom stereocenters. The molecule has 4 heteroatoms. The molecular formula is C17H22O4. The van der Waals surface area contributed by atoms with E-state index in [0.29, 0.717) is 29.6 Å². The maximum absolute atomic E-state index is 12.1. The molecular weight excluding hydrogens is 268 g/mol. The molecule has 3 saturated carbocycles. The first kappa shape index (κ1) is 13.4. The monoisotopic (exact) mass is 290 g/mol. The van der Waals surface area contributed by atoms with Crippen LogP contribution in [0.5, 0.6) is 0 Å². The average molecular weight is 290 g/mol. The summed E-state index contributed by atoms with van der Waals surface area (Å²) in [5.74, 6) is 2.57. The fourth-order valence-corrected chi connectivity index (χ4v) is 5.92. The molecule has 0 amide bonds. The Balaban J connectivity index is 1.52. The molecule has 0 aromatic rings. The van der Waals surface area contributed by atoms with E-state index in [1.165, 1.54) is 12.5 Å². The van der Waals surface area contributed by atoms with Crippen LogP contribution in [0.1, 0.15) is 32.6 Å². The van der Waals surface area contributed by atoms with Gasteiger partial charge in [-0.05, 0) is 56.3 Å². The van der Waals surface area contributed by atoms with E-state index >= 15 is 0 Å². The number of carbonyl (C=O) groups excluding carboxylic acids is 2. The molecule has 8 unspecified atom stereocenters.